The fraction of sp³-hybridized carbons (Fsp3) is 0.348. The molecule has 3 unspecified atom stereocenters. The number of nitro benzene ring substituents is 1. The molecular weight excluding hydrogens is 498 g/mol. The second-order valence-corrected chi connectivity index (χ2v) is 10.3. The number of thioether (sulfide) groups is 1. The highest BCUT2D eigenvalue weighted by Crippen LogP contribution is 2.45. The van der Waals surface area contributed by atoms with E-state index in [0.29, 0.717) is 17.1 Å². The fourth-order valence-corrected chi connectivity index (χ4v) is 5.68. The van der Waals surface area contributed by atoms with Crippen molar-refractivity contribution in [3.8, 4) is 5.75 Å². The minimum Gasteiger partial charge on any atom is -0.484 e. The van der Waals surface area contributed by atoms with Gasteiger partial charge in [0.2, 0.25) is 5.91 Å². The molecule has 2 aliphatic rings. The number of fused-ring (bicyclic) bond motifs is 1. The molecule has 4 rings (SSSR count). The van der Waals surface area contributed by atoms with Crippen LogP contribution in [0.5, 0.6) is 5.75 Å². The number of non-ortho nitro benzene ring substituents is 1. The van der Waals surface area contributed by atoms with Crippen LogP contribution in [-0.4, -0.2) is 62.3 Å². The zero-order valence-electron chi connectivity index (χ0n) is 18.6. The van der Waals surface area contributed by atoms with Gasteiger partial charge in [-0.05, 0) is 36.8 Å². The number of esters is 1. The Labute approximate surface area is 210 Å². The Morgan fingerprint density at radius 1 is 1.23 bits per heavy atom. The summed E-state index contributed by atoms with van der Waals surface area (Å²) in [6, 6.07) is 12.6. The molecule has 0 saturated carbocycles. The molecule has 0 aromatic heterocycles. The molecule has 4 atom stereocenters. The molecule has 1 N–H and O–H groups in total. The lowest BCUT2D eigenvalue weighted by Gasteiger charge is -2.56. The maximum atomic E-state index is 13.0. The van der Waals surface area contributed by atoms with Gasteiger partial charge in [-0.15, -0.1) is 23.4 Å². The number of amides is 2. The number of halogens is 1. The van der Waals surface area contributed by atoms with Crippen molar-refractivity contribution in [1.29, 1.82) is 0 Å². The van der Waals surface area contributed by atoms with Gasteiger partial charge in [-0.2, -0.15) is 0 Å². The van der Waals surface area contributed by atoms with E-state index in [1.54, 1.807) is 31.2 Å². The van der Waals surface area contributed by atoms with Gasteiger partial charge in [-0.25, -0.2) is 4.79 Å². The maximum absolute atomic E-state index is 13.0. The zero-order chi connectivity index (χ0) is 25.2. The number of hydrogen-bond donors (Lipinski definition) is 1. The summed E-state index contributed by atoms with van der Waals surface area (Å²) >= 11 is 7.98. The quantitative estimate of drug-likeness (QED) is 0.185. The number of nitrogens with one attached hydrogen (secondary N) is 1. The van der Waals surface area contributed by atoms with Crippen molar-refractivity contribution in [2.75, 3.05) is 12.4 Å². The number of carbonyl (C=O) groups excluding carboxylic acids is 3. The highest BCUT2D eigenvalue weighted by Gasteiger charge is 2.61. The van der Waals surface area contributed by atoms with Crippen LogP contribution in [0.4, 0.5) is 5.69 Å². The molecular formula is C23H22ClN3O7S. The Balaban J connectivity index is 1.36. The van der Waals surface area contributed by atoms with Crippen molar-refractivity contribution < 1.29 is 28.8 Å². The van der Waals surface area contributed by atoms with E-state index < -0.39 is 45.0 Å². The number of hydrogen-bond acceptors (Lipinski definition) is 8. The predicted molar refractivity (Wildman–Crippen MR) is 128 cm³/mol. The van der Waals surface area contributed by atoms with Crippen molar-refractivity contribution >= 4 is 46.8 Å². The van der Waals surface area contributed by atoms with Gasteiger partial charge < -0.3 is 19.7 Å². The first-order chi connectivity index (χ1) is 16.7. The molecule has 2 aliphatic heterocycles. The van der Waals surface area contributed by atoms with Crippen molar-refractivity contribution in [3.63, 3.8) is 0 Å². The van der Waals surface area contributed by atoms with Crippen molar-refractivity contribution in [2.24, 2.45) is 0 Å². The minimum absolute atomic E-state index is 0.0750. The lowest BCUT2D eigenvalue weighted by atomic mass is 9.94. The van der Waals surface area contributed by atoms with Gasteiger partial charge in [0.15, 0.2) is 12.6 Å². The second kappa shape index (κ2) is 10.1. The summed E-state index contributed by atoms with van der Waals surface area (Å²) in [6.45, 7) is 1.28. The SMILES string of the molecule is CC1(Cl)CS[C@H]2C(NC(=O)COc3ccccc3)C(=O)N2C1C(=O)OCc1ccc([N+](=O)[O-])cc1. The van der Waals surface area contributed by atoms with E-state index >= 15 is 0 Å². The Morgan fingerprint density at radius 3 is 2.57 bits per heavy atom. The molecule has 10 nitrogen and oxygen atoms in total. The number of para-hydroxylation sites is 1. The molecule has 2 saturated heterocycles. The van der Waals surface area contributed by atoms with Crippen LogP contribution in [0.1, 0.15) is 12.5 Å². The number of ether oxygens (including phenoxy) is 2. The maximum Gasteiger partial charge on any atom is 0.331 e. The number of nitrogens with zero attached hydrogens (tertiary/aromatic N) is 2. The number of rotatable bonds is 8. The first kappa shape index (κ1) is 24.8. The molecule has 2 amide bonds. The van der Waals surface area contributed by atoms with Gasteiger partial charge in [0.05, 0.1) is 9.80 Å². The van der Waals surface area contributed by atoms with Gasteiger partial charge in [0, 0.05) is 17.9 Å². The summed E-state index contributed by atoms with van der Waals surface area (Å²) in [6.07, 6.45) is 0. The molecule has 2 aromatic rings. The fourth-order valence-electron chi connectivity index (χ4n) is 3.87. The minimum atomic E-state index is -1.07. The number of β-lactam (4-membered cyclic amide) rings is 1. The highest BCUT2D eigenvalue weighted by atomic mass is 35.5. The van der Waals surface area contributed by atoms with Gasteiger partial charge in [-0.1, -0.05) is 18.2 Å². The third kappa shape index (κ3) is 5.35. The summed E-state index contributed by atoms with van der Waals surface area (Å²) in [7, 11) is 0. The monoisotopic (exact) mass is 519 g/mol. The van der Waals surface area contributed by atoms with Crippen LogP contribution in [0.3, 0.4) is 0 Å². The Kier molecular flexibility index (Phi) is 7.18. The standard InChI is InChI=1S/C23H22ClN3O7S/c1-23(24)13-35-21-18(25-17(28)12-33-16-5-3-2-4-6-16)20(29)26(21)19(23)22(30)34-11-14-7-9-15(10-8-14)27(31)32/h2-10,18-19,21H,11-13H2,1H3,(H,25,28)/t18?,19?,21-,23?/m0/s1. The van der Waals surface area contributed by atoms with Crippen molar-refractivity contribution in [3.05, 3.63) is 70.3 Å². The molecule has 184 valence electrons. The summed E-state index contributed by atoms with van der Waals surface area (Å²) in [5, 5.41) is 13.0. The van der Waals surface area contributed by atoms with Crippen LogP contribution in [0.2, 0.25) is 0 Å². The van der Waals surface area contributed by atoms with Crippen LogP contribution in [0, 0.1) is 10.1 Å². The van der Waals surface area contributed by atoms with E-state index in [2.05, 4.69) is 5.32 Å². The van der Waals surface area contributed by atoms with Crippen molar-refractivity contribution in [2.45, 2.75) is 35.9 Å². The first-order valence-electron chi connectivity index (χ1n) is 10.7. The molecule has 0 bridgehead atoms. The van der Waals surface area contributed by atoms with E-state index in [0.717, 1.165) is 0 Å². The normalized spacial score (nSPS) is 25.1. The van der Waals surface area contributed by atoms with Gasteiger partial charge in [0.1, 0.15) is 23.8 Å². The first-order valence-corrected chi connectivity index (χ1v) is 12.1. The molecule has 0 radical (unpaired) electrons. The van der Waals surface area contributed by atoms with Crippen molar-refractivity contribution in [1.82, 2.24) is 10.2 Å². The highest BCUT2D eigenvalue weighted by molar-refractivity contribution is 8.00. The zero-order valence-corrected chi connectivity index (χ0v) is 20.2. The number of alkyl halides is 1. The second-order valence-electron chi connectivity index (χ2n) is 8.31. The largest absolute Gasteiger partial charge is 0.484 e. The van der Waals surface area contributed by atoms with E-state index in [-0.39, 0.29) is 18.9 Å². The van der Waals surface area contributed by atoms with Gasteiger partial charge in [0.25, 0.3) is 11.6 Å². The van der Waals surface area contributed by atoms with Crippen LogP contribution in [0.15, 0.2) is 54.6 Å². The average molecular weight is 520 g/mol. The third-order valence-corrected chi connectivity index (χ3v) is 7.75. The molecule has 0 aliphatic carbocycles. The molecule has 2 heterocycles. The molecule has 12 heteroatoms. The van der Waals surface area contributed by atoms with E-state index in [4.69, 9.17) is 21.1 Å². The Morgan fingerprint density at radius 2 is 1.91 bits per heavy atom. The summed E-state index contributed by atoms with van der Waals surface area (Å²) in [4.78, 5) is 48.7. The van der Waals surface area contributed by atoms with E-state index in [1.165, 1.54) is 40.9 Å². The lowest BCUT2D eigenvalue weighted by Crippen LogP contribution is -2.78. The Bertz CT molecular complexity index is 1130. The lowest BCUT2D eigenvalue weighted by molar-refractivity contribution is -0.384. The van der Waals surface area contributed by atoms with Crippen LogP contribution >= 0.6 is 23.4 Å². The van der Waals surface area contributed by atoms with Gasteiger partial charge >= 0.3 is 5.97 Å². The average Bonchev–Trinajstić information content (AvgIpc) is 2.85. The smallest absolute Gasteiger partial charge is 0.331 e. The molecule has 2 aromatic carbocycles. The number of carbonyl (C=O) groups is 3. The third-order valence-electron chi connectivity index (χ3n) is 5.65. The molecule has 35 heavy (non-hydrogen) atoms. The summed E-state index contributed by atoms with van der Waals surface area (Å²) < 4.78 is 10.8. The topological polar surface area (TPSA) is 128 Å². The summed E-state index contributed by atoms with van der Waals surface area (Å²) in [5.74, 6) is -0.683. The van der Waals surface area contributed by atoms with Gasteiger partial charge in [-0.3, -0.25) is 19.7 Å². The molecule has 0 spiro atoms. The van der Waals surface area contributed by atoms with Crippen LogP contribution in [-0.2, 0) is 25.7 Å². The van der Waals surface area contributed by atoms with E-state index in [9.17, 15) is 24.5 Å². The Hall–Kier alpha value is -3.31. The molecule has 2 fully saturated rings. The van der Waals surface area contributed by atoms with E-state index in [1.807, 2.05) is 6.07 Å². The van der Waals surface area contributed by atoms with Crippen LogP contribution in [0.25, 0.3) is 0 Å². The number of benzene rings is 2. The van der Waals surface area contributed by atoms with Crippen LogP contribution < -0.4 is 10.1 Å². The summed E-state index contributed by atoms with van der Waals surface area (Å²) in [5.41, 5.74) is 0.481. The number of nitro groups is 1. The predicted octanol–water partition coefficient (Wildman–Crippen LogP) is 2.48.